The van der Waals surface area contributed by atoms with E-state index in [4.69, 9.17) is 14.7 Å². The molecule has 0 radical (unpaired) electrons. The van der Waals surface area contributed by atoms with Crippen molar-refractivity contribution in [2.75, 3.05) is 7.11 Å². The predicted octanol–water partition coefficient (Wildman–Crippen LogP) is 1.28. The van der Waals surface area contributed by atoms with Crippen LogP contribution < -0.4 is 4.74 Å². The van der Waals surface area contributed by atoms with Gasteiger partial charge in [0.25, 0.3) is 0 Å². The Balaban J connectivity index is 2.41. The fourth-order valence-electron chi connectivity index (χ4n) is 0.916. The predicted molar refractivity (Wildman–Crippen MR) is 53.9 cm³/mol. The first-order valence-corrected chi connectivity index (χ1v) is 4.23. The Morgan fingerprint density at radius 1 is 1.47 bits per heavy atom. The number of rotatable bonds is 5. The van der Waals surface area contributed by atoms with Gasteiger partial charge in [-0.3, -0.25) is 0 Å². The molecule has 0 bridgehead atoms. The van der Waals surface area contributed by atoms with E-state index in [-0.39, 0.29) is 6.61 Å². The van der Waals surface area contributed by atoms with Crippen LogP contribution in [0.3, 0.4) is 0 Å². The molecule has 1 aromatic rings. The topological polar surface area (TPSA) is 68.1 Å². The van der Waals surface area contributed by atoms with Gasteiger partial charge in [0.2, 0.25) is 0 Å². The SMILES string of the molecule is COc1ccc(CON=CC(=O)O)cc1. The van der Waals surface area contributed by atoms with Crippen molar-refractivity contribution < 1.29 is 19.5 Å². The number of aliphatic carboxylic acids is 1. The van der Waals surface area contributed by atoms with Crippen LogP contribution >= 0.6 is 0 Å². The van der Waals surface area contributed by atoms with E-state index in [0.717, 1.165) is 11.3 Å². The average Bonchev–Trinajstić information content (AvgIpc) is 2.25. The van der Waals surface area contributed by atoms with E-state index in [2.05, 4.69) is 5.16 Å². The zero-order valence-corrected chi connectivity index (χ0v) is 8.21. The third-order valence-electron chi connectivity index (χ3n) is 1.63. The highest BCUT2D eigenvalue weighted by Gasteiger charge is 1.94. The monoisotopic (exact) mass is 209 g/mol. The van der Waals surface area contributed by atoms with E-state index < -0.39 is 5.97 Å². The number of nitrogens with zero attached hydrogens (tertiary/aromatic N) is 1. The molecule has 0 aromatic heterocycles. The van der Waals surface area contributed by atoms with Crippen LogP contribution in [0.4, 0.5) is 0 Å². The molecule has 0 amide bonds. The third-order valence-corrected chi connectivity index (χ3v) is 1.63. The zero-order chi connectivity index (χ0) is 11.1. The van der Waals surface area contributed by atoms with Gasteiger partial charge in [0.15, 0.2) is 6.21 Å². The van der Waals surface area contributed by atoms with Crippen molar-refractivity contribution in [1.82, 2.24) is 0 Å². The van der Waals surface area contributed by atoms with Gasteiger partial charge < -0.3 is 14.7 Å². The average molecular weight is 209 g/mol. The van der Waals surface area contributed by atoms with Crippen LogP contribution in [-0.2, 0) is 16.2 Å². The van der Waals surface area contributed by atoms with Crippen LogP contribution in [0, 0.1) is 0 Å². The Bertz CT molecular complexity index is 345. The summed E-state index contributed by atoms with van der Waals surface area (Å²) in [6.45, 7) is 0.230. The Labute approximate surface area is 86.9 Å². The third kappa shape index (κ3) is 4.12. The van der Waals surface area contributed by atoms with Crippen LogP contribution in [-0.4, -0.2) is 24.4 Å². The molecule has 1 rings (SSSR count). The van der Waals surface area contributed by atoms with Crippen LogP contribution in [0.1, 0.15) is 5.56 Å². The summed E-state index contributed by atoms with van der Waals surface area (Å²) < 4.78 is 4.98. The fourth-order valence-corrected chi connectivity index (χ4v) is 0.916. The van der Waals surface area contributed by atoms with Crippen molar-refractivity contribution in [2.45, 2.75) is 6.61 Å². The quantitative estimate of drug-likeness (QED) is 0.586. The number of carboxylic acids is 1. The Morgan fingerprint density at radius 2 is 2.13 bits per heavy atom. The second kappa shape index (κ2) is 5.64. The minimum absolute atomic E-state index is 0.230. The van der Waals surface area contributed by atoms with Gasteiger partial charge >= 0.3 is 5.97 Å². The standard InChI is InChI=1S/C10H11NO4/c1-14-9-4-2-8(3-5-9)7-15-11-6-10(12)13/h2-6H,7H2,1H3,(H,12,13). The van der Waals surface area contributed by atoms with Crippen molar-refractivity contribution >= 4 is 12.2 Å². The molecule has 1 aromatic carbocycles. The highest BCUT2D eigenvalue weighted by molar-refractivity contribution is 6.21. The number of methoxy groups -OCH3 is 1. The maximum atomic E-state index is 10.0. The summed E-state index contributed by atoms with van der Waals surface area (Å²) >= 11 is 0. The lowest BCUT2D eigenvalue weighted by atomic mass is 10.2. The molecule has 0 atom stereocenters. The lowest BCUT2D eigenvalue weighted by Crippen LogP contribution is -1.96. The molecule has 0 aliphatic rings. The number of carbonyl (C=O) groups is 1. The summed E-state index contributed by atoms with van der Waals surface area (Å²) in [5.74, 6) is -0.377. The number of benzene rings is 1. The summed E-state index contributed by atoms with van der Waals surface area (Å²) in [5.41, 5.74) is 0.887. The van der Waals surface area contributed by atoms with E-state index in [9.17, 15) is 4.79 Å². The zero-order valence-electron chi connectivity index (χ0n) is 8.21. The molecule has 1 N–H and O–H groups in total. The second-order valence-corrected chi connectivity index (χ2v) is 2.69. The molecule has 0 spiro atoms. The largest absolute Gasteiger partial charge is 0.497 e. The van der Waals surface area contributed by atoms with E-state index in [1.807, 2.05) is 12.1 Å². The van der Waals surface area contributed by atoms with Crippen molar-refractivity contribution in [3.8, 4) is 5.75 Å². The molecular formula is C10H11NO4. The van der Waals surface area contributed by atoms with Crippen LogP contribution in [0.5, 0.6) is 5.75 Å². The van der Waals surface area contributed by atoms with Crippen molar-refractivity contribution in [3.63, 3.8) is 0 Å². The lowest BCUT2D eigenvalue weighted by Gasteiger charge is -2.01. The molecule has 0 aliphatic heterocycles. The molecule has 80 valence electrons. The van der Waals surface area contributed by atoms with E-state index >= 15 is 0 Å². The van der Waals surface area contributed by atoms with E-state index in [1.165, 1.54) is 0 Å². The minimum Gasteiger partial charge on any atom is -0.497 e. The number of hydrogen-bond donors (Lipinski definition) is 1. The molecule has 0 saturated carbocycles. The Morgan fingerprint density at radius 3 is 2.67 bits per heavy atom. The summed E-state index contributed by atoms with van der Waals surface area (Å²) in [7, 11) is 1.59. The highest BCUT2D eigenvalue weighted by atomic mass is 16.6. The molecule has 5 heteroatoms. The molecule has 0 saturated heterocycles. The highest BCUT2D eigenvalue weighted by Crippen LogP contribution is 2.11. The van der Waals surface area contributed by atoms with Gasteiger partial charge in [0.05, 0.1) is 7.11 Å². The van der Waals surface area contributed by atoms with Gasteiger partial charge in [-0.15, -0.1) is 0 Å². The Hall–Kier alpha value is -2.04. The fraction of sp³-hybridized carbons (Fsp3) is 0.200. The van der Waals surface area contributed by atoms with Gasteiger partial charge in [0.1, 0.15) is 12.4 Å². The Kier molecular flexibility index (Phi) is 4.15. The smallest absolute Gasteiger partial charge is 0.350 e. The van der Waals surface area contributed by atoms with Gasteiger partial charge in [-0.05, 0) is 17.7 Å². The van der Waals surface area contributed by atoms with Gasteiger partial charge in [0, 0.05) is 0 Å². The number of ether oxygens (including phenoxy) is 1. The van der Waals surface area contributed by atoms with E-state index in [1.54, 1.807) is 19.2 Å². The first-order chi connectivity index (χ1) is 7.22. The molecular weight excluding hydrogens is 198 g/mol. The molecule has 15 heavy (non-hydrogen) atoms. The number of oxime groups is 1. The first kappa shape index (κ1) is 11.0. The maximum Gasteiger partial charge on any atom is 0.350 e. The number of hydrogen-bond acceptors (Lipinski definition) is 4. The van der Waals surface area contributed by atoms with Crippen LogP contribution in [0.15, 0.2) is 29.4 Å². The minimum atomic E-state index is -1.13. The second-order valence-electron chi connectivity index (χ2n) is 2.69. The first-order valence-electron chi connectivity index (χ1n) is 4.23. The van der Waals surface area contributed by atoms with Crippen LogP contribution in [0.25, 0.3) is 0 Å². The lowest BCUT2D eigenvalue weighted by molar-refractivity contribution is -0.129. The molecule has 5 nitrogen and oxygen atoms in total. The summed E-state index contributed by atoms with van der Waals surface area (Å²) in [6.07, 6.45) is 0.698. The van der Waals surface area contributed by atoms with Gasteiger partial charge in [-0.2, -0.15) is 0 Å². The summed E-state index contributed by atoms with van der Waals surface area (Å²) in [5, 5.41) is 11.5. The molecule has 0 fully saturated rings. The normalized spacial score (nSPS) is 10.2. The van der Waals surface area contributed by atoms with Gasteiger partial charge in [-0.25, -0.2) is 4.79 Å². The van der Waals surface area contributed by atoms with Crippen molar-refractivity contribution in [1.29, 1.82) is 0 Å². The van der Waals surface area contributed by atoms with Crippen molar-refractivity contribution in [2.24, 2.45) is 5.16 Å². The van der Waals surface area contributed by atoms with Crippen LogP contribution in [0.2, 0.25) is 0 Å². The molecule has 0 unspecified atom stereocenters. The molecule has 0 aliphatic carbocycles. The maximum absolute atomic E-state index is 10.0. The number of carboxylic acid groups (broad SMARTS) is 1. The molecule has 0 heterocycles. The summed E-state index contributed by atoms with van der Waals surface area (Å²) in [4.78, 5) is 14.8. The van der Waals surface area contributed by atoms with Crippen molar-refractivity contribution in [3.05, 3.63) is 29.8 Å². The van der Waals surface area contributed by atoms with E-state index in [0.29, 0.717) is 6.21 Å². The van der Waals surface area contributed by atoms with Gasteiger partial charge in [-0.1, -0.05) is 17.3 Å². The summed E-state index contributed by atoms with van der Waals surface area (Å²) in [6, 6.07) is 7.21.